The lowest BCUT2D eigenvalue weighted by Crippen LogP contribution is -2.23. The van der Waals surface area contributed by atoms with Gasteiger partial charge in [0.1, 0.15) is 5.75 Å². The van der Waals surface area contributed by atoms with E-state index in [0.717, 1.165) is 35.5 Å². The highest BCUT2D eigenvalue weighted by Crippen LogP contribution is 2.21. The third kappa shape index (κ3) is 3.92. The van der Waals surface area contributed by atoms with Crippen molar-refractivity contribution in [2.24, 2.45) is 0 Å². The van der Waals surface area contributed by atoms with Crippen LogP contribution in [0.25, 0.3) is 22.4 Å². The largest absolute Gasteiger partial charge is 0.494 e. The average molecular weight is 422 g/mol. The van der Waals surface area contributed by atoms with Crippen molar-refractivity contribution in [3.8, 4) is 17.1 Å². The van der Waals surface area contributed by atoms with Gasteiger partial charge in [-0.15, -0.1) is 5.10 Å². The predicted molar refractivity (Wildman–Crippen MR) is 115 cm³/mol. The first-order valence-electron chi connectivity index (χ1n) is 9.45. The van der Waals surface area contributed by atoms with Crippen molar-refractivity contribution in [2.45, 2.75) is 19.8 Å². The molecular weight excluding hydrogens is 404 g/mol. The molecule has 0 fully saturated rings. The van der Waals surface area contributed by atoms with Gasteiger partial charge in [0.2, 0.25) is 4.96 Å². The second-order valence-electron chi connectivity index (χ2n) is 6.59. The minimum absolute atomic E-state index is 0.0576. The highest BCUT2D eigenvalue weighted by atomic mass is 32.1. The molecule has 4 aromatic rings. The number of hydrogen-bond acceptors (Lipinski definition) is 7. The standard InChI is InChI=1S/C21H18N4O4S/c1-2-3-12-29-16-10-8-14(9-11-16)19-22-21-24(23-19)20(26)18(30-21)13-15-6-4-5-7-17(15)25(27)28/h4-11,13H,2-3,12H2,1H3. The molecule has 0 radical (unpaired) electrons. The highest BCUT2D eigenvalue weighted by molar-refractivity contribution is 7.15. The van der Waals surface area contributed by atoms with Crippen molar-refractivity contribution < 1.29 is 9.66 Å². The number of unbranched alkanes of at least 4 members (excludes halogenated alkanes) is 1. The van der Waals surface area contributed by atoms with E-state index in [1.165, 1.54) is 16.7 Å². The average Bonchev–Trinajstić information content (AvgIpc) is 3.29. The molecule has 2 aromatic carbocycles. The van der Waals surface area contributed by atoms with Crippen molar-refractivity contribution in [2.75, 3.05) is 6.61 Å². The molecule has 2 aromatic heterocycles. The van der Waals surface area contributed by atoms with Gasteiger partial charge in [-0.25, -0.2) is 0 Å². The molecule has 8 nitrogen and oxygen atoms in total. The maximum Gasteiger partial charge on any atom is 0.291 e. The number of benzene rings is 2. The number of rotatable bonds is 7. The Morgan fingerprint density at radius 3 is 2.67 bits per heavy atom. The number of aromatic nitrogens is 3. The zero-order valence-electron chi connectivity index (χ0n) is 16.1. The minimum atomic E-state index is -0.471. The van der Waals surface area contributed by atoms with Crippen molar-refractivity contribution in [3.63, 3.8) is 0 Å². The molecule has 0 atom stereocenters. The van der Waals surface area contributed by atoms with Crippen LogP contribution >= 0.6 is 11.3 Å². The van der Waals surface area contributed by atoms with Gasteiger partial charge in [-0.05, 0) is 42.8 Å². The summed E-state index contributed by atoms with van der Waals surface area (Å²) in [5.41, 5.74) is 0.726. The first-order chi connectivity index (χ1) is 14.6. The molecule has 0 N–H and O–H groups in total. The molecule has 0 bridgehead atoms. The Morgan fingerprint density at radius 2 is 1.97 bits per heavy atom. The zero-order valence-corrected chi connectivity index (χ0v) is 17.0. The molecule has 0 aliphatic heterocycles. The van der Waals surface area contributed by atoms with Crippen molar-refractivity contribution in [1.29, 1.82) is 0 Å². The maximum atomic E-state index is 12.7. The van der Waals surface area contributed by atoms with E-state index >= 15 is 0 Å². The third-order valence-electron chi connectivity index (χ3n) is 4.48. The van der Waals surface area contributed by atoms with Crippen LogP contribution in [-0.2, 0) is 0 Å². The van der Waals surface area contributed by atoms with E-state index < -0.39 is 4.92 Å². The second kappa shape index (κ2) is 8.42. The van der Waals surface area contributed by atoms with E-state index in [1.54, 1.807) is 18.2 Å². The number of para-hydroxylation sites is 1. The van der Waals surface area contributed by atoms with Gasteiger partial charge in [-0.1, -0.05) is 36.8 Å². The molecule has 30 heavy (non-hydrogen) atoms. The molecule has 0 aliphatic rings. The van der Waals surface area contributed by atoms with E-state index in [0.29, 0.717) is 27.5 Å². The first kappa shape index (κ1) is 19.7. The summed E-state index contributed by atoms with van der Waals surface area (Å²) in [5, 5.41) is 15.5. The summed E-state index contributed by atoms with van der Waals surface area (Å²) >= 11 is 1.15. The summed E-state index contributed by atoms with van der Waals surface area (Å²) < 4.78 is 7.22. The number of fused-ring (bicyclic) bond motifs is 1. The summed E-state index contributed by atoms with van der Waals surface area (Å²) in [6.07, 6.45) is 3.57. The molecule has 0 aliphatic carbocycles. The van der Waals surface area contributed by atoms with Crippen molar-refractivity contribution >= 4 is 28.1 Å². The quantitative estimate of drug-likeness (QED) is 0.257. The summed E-state index contributed by atoms with van der Waals surface area (Å²) in [6.45, 7) is 2.78. The predicted octanol–water partition coefficient (Wildman–Crippen LogP) is 3.45. The Kier molecular flexibility index (Phi) is 5.53. The van der Waals surface area contributed by atoms with Gasteiger partial charge in [0.25, 0.3) is 11.2 Å². The van der Waals surface area contributed by atoms with Crippen LogP contribution in [0.5, 0.6) is 5.75 Å². The molecule has 0 amide bonds. The van der Waals surface area contributed by atoms with Gasteiger partial charge in [0.05, 0.1) is 21.6 Å². The number of hydrogen-bond donors (Lipinski definition) is 0. The van der Waals surface area contributed by atoms with Gasteiger partial charge < -0.3 is 4.74 Å². The van der Waals surface area contributed by atoms with Crippen LogP contribution in [0.1, 0.15) is 25.3 Å². The Bertz CT molecular complexity index is 1310. The van der Waals surface area contributed by atoms with E-state index in [2.05, 4.69) is 17.0 Å². The molecule has 0 saturated heterocycles. The number of nitro groups is 1. The van der Waals surface area contributed by atoms with Gasteiger partial charge in [0.15, 0.2) is 5.82 Å². The summed E-state index contributed by atoms with van der Waals surface area (Å²) in [6, 6.07) is 13.7. The Balaban J connectivity index is 1.65. The number of nitro benzene ring substituents is 1. The normalized spacial score (nSPS) is 11.8. The Morgan fingerprint density at radius 1 is 1.20 bits per heavy atom. The van der Waals surface area contributed by atoms with Crippen molar-refractivity contribution in [3.05, 3.63) is 79.1 Å². The van der Waals surface area contributed by atoms with E-state index in [-0.39, 0.29) is 11.2 Å². The molecule has 0 unspecified atom stereocenters. The van der Waals surface area contributed by atoms with Crippen LogP contribution in [0.3, 0.4) is 0 Å². The lowest BCUT2D eigenvalue weighted by atomic mass is 10.2. The van der Waals surface area contributed by atoms with Crippen LogP contribution < -0.4 is 14.8 Å². The van der Waals surface area contributed by atoms with Crippen LogP contribution in [-0.4, -0.2) is 26.1 Å². The van der Waals surface area contributed by atoms with E-state index in [4.69, 9.17) is 4.74 Å². The smallest absolute Gasteiger partial charge is 0.291 e. The van der Waals surface area contributed by atoms with Crippen LogP contribution in [0.15, 0.2) is 53.3 Å². The summed E-state index contributed by atoms with van der Waals surface area (Å²) in [4.78, 5) is 28.3. The Labute approximate surface area is 175 Å². The first-order valence-corrected chi connectivity index (χ1v) is 10.3. The number of nitrogens with zero attached hydrogens (tertiary/aromatic N) is 4. The summed E-state index contributed by atoms with van der Waals surface area (Å²) in [7, 11) is 0. The number of ether oxygens (including phenoxy) is 1. The van der Waals surface area contributed by atoms with Gasteiger partial charge in [-0.3, -0.25) is 14.9 Å². The second-order valence-corrected chi connectivity index (χ2v) is 7.60. The van der Waals surface area contributed by atoms with Crippen molar-refractivity contribution in [1.82, 2.24) is 14.6 Å². The lowest BCUT2D eigenvalue weighted by Gasteiger charge is -2.05. The SMILES string of the molecule is CCCCOc1ccc(-c2nc3sc(=Cc4ccccc4[N+](=O)[O-])c(=O)n3n2)cc1. The Hall–Kier alpha value is -3.59. The molecule has 2 heterocycles. The molecule has 9 heteroatoms. The molecule has 0 saturated carbocycles. The van der Waals surface area contributed by atoms with E-state index in [1.807, 2.05) is 24.3 Å². The van der Waals surface area contributed by atoms with Crippen LogP contribution in [0.2, 0.25) is 0 Å². The van der Waals surface area contributed by atoms with Crippen LogP contribution in [0.4, 0.5) is 5.69 Å². The molecule has 0 spiro atoms. The summed E-state index contributed by atoms with van der Waals surface area (Å²) in [5.74, 6) is 1.22. The molecule has 152 valence electrons. The fraction of sp³-hybridized carbons (Fsp3) is 0.190. The van der Waals surface area contributed by atoms with E-state index in [9.17, 15) is 14.9 Å². The fourth-order valence-corrected chi connectivity index (χ4v) is 3.81. The van der Waals surface area contributed by atoms with Gasteiger partial charge in [-0.2, -0.15) is 9.50 Å². The molecular formula is C21H18N4O4S. The number of thiazole rings is 1. The third-order valence-corrected chi connectivity index (χ3v) is 5.44. The molecule has 4 rings (SSSR count). The fourth-order valence-electron chi connectivity index (χ4n) is 2.91. The monoisotopic (exact) mass is 422 g/mol. The van der Waals surface area contributed by atoms with Crippen LogP contribution in [0, 0.1) is 10.1 Å². The topological polar surface area (TPSA) is 99.6 Å². The maximum absolute atomic E-state index is 12.7. The zero-order chi connectivity index (χ0) is 21.1. The van der Waals surface area contributed by atoms with Gasteiger partial charge >= 0.3 is 0 Å². The highest BCUT2D eigenvalue weighted by Gasteiger charge is 2.14. The minimum Gasteiger partial charge on any atom is -0.494 e. The lowest BCUT2D eigenvalue weighted by molar-refractivity contribution is -0.385. The van der Waals surface area contributed by atoms with Gasteiger partial charge in [0, 0.05) is 11.6 Å².